The van der Waals surface area contributed by atoms with E-state index in [1.165, 1.54) is 25.7 Å². The molecule has 1 aliphatic heterocycles. The van der Waals surface area contributed by atoms with Gasteiger partial charge >= 0.3 is 0 Å². The summed E-state index contributed by atoms with van der Waals surface area (Å²) in [4.78, 5) is 13.8. The fourth-order valence-corrected chi connectivity index (χ4v) is 2.39. The molecule has 0 aromatic rings. The first kappa shape index (κ1) is 14.8. The van der Waals surface area contributed by atoms with E-state index in [-0.39, 0.29) is 12.4 Å². The van der Waals surface area contributed by atoms with Crippen LogP contribution >= 0.6 is 12.4 Å². The van der Waals surface area contributed by atoms with Crippen LogP contribution in [0, 0.1) is 11.8 Å². The molecule has 0 spiro atoms. The summed E-state index contributed by atoms with van der Waals surface area (Å²) in [6.45, 7) is 3.21. The molecule has 2 aliphatic rings. The monoisotopic (exact) mass is 260 g/mol. The fourth-order valence-electron chi connectivity index (χ4n) is 2.39. The van der Waals surface area contributed by atoms with Crippen LogP contribution in [-0.4, -0.2) is 37.5 Å². The van der Waals surface area contributed by atoms with Gasteiger partial charge in [0.25, 0.3) is 0 Å². The Morgan fingerprint density at radius 3 is 2.59 bits per heavy atom. The zero-order valence-electron chi connectivity index (χ0n) is 10.8. The molecule has 2 rings (SSSR count). The van der Waals surface area contributed by atoms with E-state index in [9.17, 15) is 4.79 Å². The van der Waals surface area contributed by atoms with E-state index < -0.39 is 0 Å². The van der Waals surface area contributed by atoms with Crippen molar-refractivity contribution in [1.82, 2.24) is 10.2 Å². The summed E-state index contributed by atoms with van der Waals surface area (Å²) in [5, 5.41) is 3.35. The van der Waals surface area contributed by atoms with Gasteiger partial charge in [0.05, 0.1) is 0 Å². The summed E-state index contributed by atoms with van der Waals surface area (Å²) in [6, 6.07) is 0. The number of carbonyl (C=O) groups is 1. The van der Waals surface area contributed by atoms with Crippen LogP contribution in [-0.2, 0) is 4.79 Å². The molecular weight excluding hydrogens is 236 g/mol. The highest BCUT2D eigenvalue weighted by Crippen LogP contribution is 2.32. The molecule has 1 atom stereocenters. The lowest BCUT2D eigenvalue weighted by Gasteiger charge is -2.18. The molecule has 0 aromatic heterocycles. The predicted octanol–water partition coefficient (Wildman–Crippen LogP) is 2.06. The standard InChI is InChI=1S/C13H24N2O.ClH/c1-15(9-7-11-2-3-11)13(16)5-4-12-6-8-14-10-12;/h11-12,14H,2-10H2,1H3;1H. The molecule has 1 saturated carbocycles. The van der Waals surface area contributed by atoms with Crippen LogP contribution in [0.4, 0.5) is 0 Å². The van der Waals surface area contributed by atoms with Crippen LogP contribution in [0.3, 0.4) is 0 Å². The highest BCUT2D eigenvalue weighted by molar-refractivity contribution is 5.85. The Hall–Kier alpha value is -0.280. The second kappa shape index (κ2) is 7.22. The number of rotatable bonds is 6. The number of hydrogen-bond acceptors (Lipinski definition) is 2. The van der Waals surface area contributed by atoms with Crippen molar-refractivity contribution in [2.45, 2.75) is 38.5 Å². The second-order valence-corrected chi connectivity index (χ2v) is 5.44. The molecule has 0 aromatic carbocycles. The summed E-state index contributed by atoms with van der Waals surface area (Å²) in [7, 11) is 1.96. The third kappa shape index (κ3) is 5.26. The Balaban J connectivity index is 0.00000144. The average molecular weight is 261 g/mol. The Bertz CT molecular complexity index is 238. The van der Waals surface area contributed by atoms with Crippen molar-refractivity contribution in [2.24, 2.45) is 11.8 Å². The van der Waals surface area contributed by atoms with Crippen molar-refractivity contribution < 1.29 is 4.79 Å². The Labute approximate surface area is 111 Å². The van der Waals surface area contributed by atoms with Gasteiger partial charge in [0.2, 0.25) is 5.91 Å². The lowest BCUT2D eigenvalue weighted by Crippen LogP contribution is -2.28. The van der Waals surface area contributed by atoms with E-state index in [1.807, 2.05) is 11.9 Å². The predicted molar refractivity (Wildman–Crippen MR) is 72.4 cm³/mol. The van der Waals surface area contributed by atoms with Crippen molar-refractivity contribution in [3.63, 3.8) is 0 Å². The molecule has 1 unspecified atom stereocenters. The number of hydrogen-bond donors (Lipinski definition) is 1. The first-order chi connectivity index (χ1) is 7.75. The maximum Gasteiger partial charge on any atom is 0.222 e. The maximum atomic E-state index is 11.8. The van der Waals surface area contributed by atoms with Crippen LogP contribution in [0.5, 0.6) is 0 Å². The van der Waals surface area contributed by atoms with Crippen molar-refractivity contribution in [3.8, 4) is 0 Å². The van der Waals surface area contributed by atoms with Crippen LogP contribution in [0.25, 0.3) is 0 Å². The number of nitrogens with zero attached hydrogens (tertiary/aromatic N) is 1. The molecule has 2 fully saturated rings. The van der Waals surface area contributed by atoms with Gasteiger partial charge in [-0.05, 0) is 44.2 Å². The topological polar surface area (TPSA) is 32.3 Å². The number of halogens is 1. The van der Waals surface area contributed by atoms with Crippen LogP contribution in [0.2, 0.25) is 0 Å². The molecule has 1 N–H and O–H groups in total. The van der Waals surface area contributed by atoms with Gasteiger partial charge < -0.3 is 10.2 Å². The van der Waals surface area contributed by atoms with Crippen molar-refractivity contribution in [2.75, 3.05) is 26.7 Å². The van der Waals surface area contributed by atoms with Gasteiger partial charge in [-0.15, -0.1) is 12.4 Å². The largest absolute Gasteiger partial charge is 0.346 e. The Morgan fingerprint density at radius 2 is 2.00 bits per heavy atom. The molecule has 0 bridgehead atoms. The van der Waals surface area contributed by atoms with E-state index in [0.717, 1.165) is 44.3 Å². The highest BCUT2D eigenvalue weighted by Gasteiger charge is 2.22. The van der Waals surface area contributed by atoms with E-state index in [4.69, 9.17) is 0 Å². The molecule has 1 aliphatic carbocycles. The van der Waals surface area contributed by atoms with Gasteiger partial charge in [0.15, 0.2) is 0 Å². The summed E-state index contributed by atoms with van der Waals surface area (Å²) in [5.41, 5.74) is 0. The van der Waals surface area contributed by atoms with E-state index >= 15 is 0 Å². The molecule has 4 heteroatoms. The van der Waals surface area contributed by atoms with Gasteiger partial charge in [-0.25, -0.2) is 0 Å². The quantitative estimate of drug-likeness (QED) is 0.793. The van der Waals surface area contributed by atoms with Crippen molar-refractivity contribution >= 4 is 18.3 Å². The van der Waals surface area contributed by atoms with Crippen molar-refractivity contribution in [1.29, 1.82) is 0 Å². The molecule has 0 radical (unpaired) electrons. The third-order valence-corrected chi connectivity index (χ3v) is 3.92. The number of nitrogens with one attached hydrogen (secondary N) is 1. The zero-order valence-corrected chi connectivity index (χ0v) is 11.6. The minimum atomic E-state index is 0. The minimum absolute atomic E-state index is 0. The van der Waals surface area contributed by atoms with E-state index in [1.54, 1.807) is 0 Å². The Morgan fingerprint density at radius 1 is 1.24 bits per heavy atom. The molecule has 1 saturated heterocycles. The average Bonchev–Trinajstić information content (AvgIpc) is 2.97. The Kier molecular flexibility index (Phi) is 6.28. The molecule has 1 amide bonds. The van der Waals surface area contributed by atoms with Crippen molar-refractivity contribution in [3.05, 3.63) is 0 Å². The second-order valence-electron chi connectivity index (χ2n) is 5.44. The third-order valence-electron chi connectivity index (χ3n) is 3.92. The summed E-state index contributed by atoms with van der Waals surface area (Å²) in [5.74, 6) is 2.00. The molecule has 100 valence electrons. The lowest BCUT2D eigenvalue weighted by molar-refractivity contribution is -0.130. The van der Waals surface area contributed by atoms with E-state index in [0.29, 0.717) is 5.91 Å². The molecular formula is C13H25ClN2O. The number of amides is 1. The maximum absolute atomic E-state index is 11.8. The van der Waals surface area contributed by atoms with E-state index in [2.05, 4.69) is 5.32 Å². The first-order valence-corrected chi connectivity index (χ1v) is 6.70. The summed E-state index contributed by atoms with van der Waals surface area (Å²) in [6.07, 6.45) is 7.05. The van der Waals surface area contributed by atoms with Crippen LogP contribution in [0.1, 0.15) is 38.5 Å². The van der Waals surface area contributed by atoms with Gasteiger partial charge in [0, 0.05) is 20.0 Å². The SMILES string of the molecule is CN(CCC1CC1)C(=O)CCC1CCNC1.Cl. The summed E-state index contributed by atoms with van der Waals surface area (Å²) < 4.78 is 0. The lowest BCUT2D eigenvalue weighted by atomic mass is 10.0. The van der Waals surface area contributed by atoms with Gasteiger partial charge in [0.1, 0.15) is 0 Å². The molecule has 17 heavy (non-hydrogen) atoms. The van der Waals surface area contributed by atoms with Gasteiger partial charge in [-0.1, -0.05) is 12.8 Å². The van der Waals surface area contributed by atoms with Gasteiger partial charge in [-0.2, -0.15) is 0 Å². The molecule has 3 nitrogen and oxygen atoms in total. The highest BCUT2D eigenvalue weighted by atomic mass is 35.5. The number of carbonyl (C=O) groups excluding carboxylic acids is 1. The van der Waals surface area contributed by atoms with Crippen LogP contribution in [0.15, 0.2) is 0 Å². The smallest absolute Gasteiger partial charge is 0.222 e. The summed E-state index contributed by atoms with van der Waals surface area (Å²) >= 11 is 0. The first-order valence-electron chi connectivity index (χ1n) is 6.70. The van der Waals surface area contributed by atoms with Crippen LogP contribution < -0.4 is 5.32 Å². The minimum Gasteiger partial charge on any atom is -0.346 e. The normalized spacial score (nSPS) is 23.2. The fraction of sp³-hybridized carbons (Fsp3) is 0.923. The molecule has 1 heterocycles. The van der Waals surface area contributed by atoms with Gasteiger partial charge in [-0.3, -0.25) is 4.79 Å². The zero-order chi connectivity index (χ0) is 11.4.